The van der Waals surface area contributed by atoms with Crippen LogP contribution in [0, 0.1) is 0 Å². The topological polar surface area (TPSA) is 97.6 Å². The summed E-state index contributed by atoms with van der Waals surface area (Å²) in [4.78, 5) is 16.2. The van der Waals surface area contributed by atoms with Crippen LogP contribution in [0.4, 0.5) is 17.8 Å². The van der Waals surface area contributed by atoms with Gasteiger partial charge in [0.15, 0.2) is 0 Å². The minimum absolute atomic E-state index is 0.0299. The predicted molar refractivity (Wildman–Crippen MR) is 70.1 cm³/mol. The fourth-order valence-corrected chi connectivity index (χ4v) is 1.36. The summed E-state index contributed by atoms with van der Waals surface area (Å²) in [6.07, 6.45) is 0. The average Bonchev–Trinajstić information content (AvgIpc) is 2.37. The van der Waals surface area contributed by atoms with Crippen molar-refractivity contribution in [2.75, 3.05) is 62.6 Å². The molecule has 102 valence electrons. The number of hydrogen-bond donors (Lipinski definition) is 3. The largest absolute Gasteiger partial charge is 0.395 e. The lowest BCUT2D eigenvalue weighted by atomic mass is 10.5. The van der Waals surface area contributed by atoms with Gasteiger partial charge in [-0.1, -0.05) is 0 Å². The van der Waals surface area contributed by atoms with Crippen LogP contribution in [0.15, 0.2) is 0 Å². The number of aliphatic hydroxyl groups is 2. The fourth-order valence-electron chi connectivity index (χ4n) is 1.36. The van der Waals surface area contributed by atoms with Crippen molar-refractivity contribution >= 4 is 17.8 Å². The summed E-state index contributed by atoms with van der Waals surface area (Å²) in [5.41, 5.74) is 0. The van der Waals surface area contributed by atoms with Gasteiger partial charge in [-0.25, -0.2) is 0 Å². The summed E-state index contributed by atoms with van der Waals surface area (Å²) in [6, 6.07) is 0. The summed E-state index contributed by atoms with van der Waals surface area (Å²) in [7, 11) is 5.39. The van der Waals surface area contributed by atoms with E-state index in [-0.39, 0.29) is 13.2 Å². The number of anilines is 3. The molecule has 1 heterocycles. The van der Waals surface area contributed by atoms with E-state index < -0.39 is 0 Å². The molecule has 0 amide bonds. The SMILES string of the molecule is CNc1nc(N(C)C)nc(N(CCO)CCO)n1. The second kappa shape index (κ2) is 6.92. The van der Waals surface area contributed by atoms with Gasteiger partial charge in [-0.2, -0.15) is 15.0 Å². The highest BCUT2D eigenvalue weighted by molar-refractivity contribution is 5.44. The molecular weight excluding hydrogens is 236 g/mol. The van der Waals surface area contributed by atoms with Crippen molar-refractivity contribution in [3.8, 4) is 0 Å². The Labute approximate surface area is 106 Å². The zero-order valence-corrected chi connectivity index (χ0v) is 11.0. The van der Waals surface area contributed by atoms with Gasteiger partial charge < -0.3 is 25.3 Å². The van der Waals surface area contributed by atoms with E-state index in [1.165, 1.54) is 0 Å². The highest BCUT2D eigenvalue weighted by atomic mass is 16.3. The normalized spacial score (nSPS) is 10.3. The third-order valence-corrected chi connectivity index (χ3v) is 2.26. The Bertz CT molecular complexity index is 367. The summed E-state index contributed by atoms with van der Waals surface area (Å²) in [5, 5.41) is 20.9. The van der Waals surface area contributed by atoms with Gasteiger partial charge in [-0.3, -0.25) is 0 Å². The molecule has 0 aliphatic rings. The Balaban J connectivity index is 3.07. The van der Waals surface area contributed by atoms with Crippen LogP contribution in [-0.2, 0) is 0 Å². The van der Waals surface area contributed by atoms with Gasteiger partial charge >= 0.3 is 0 Å². The molecule has 8 heteroatoms. The molecule has 0 saturated heterocycles. The van der Waals surface area contributed by atoms with Crippen molar-refractivity contribution in [1.82, 2.24) is 15.0 Å². The number of nitrogens with one attached hydrogen (secondary N) is 1. The minimum Gasteiger partial charge on any atom is -0.395 e. The quantitative estimate of drug-likeness (QED) is 0.558. The van der Waals surface area contributed by atoms with Crippen molar-refractivity contribution in [2.24, 2.45) is 0 Å². The first-order chi connectivity index (χ1) is 8.62. The van der Waals surface area contributed by atoms with Crippen molar-refractivity contribution in [2.45, 2.75) is 0 Å². The molecule has 0 unspecified atom stereocenters. The highest BCUT2D eigenvalue weighted by Crippen LogP contribution is 2.14. The van der Waals surface area contributed by atoms with Crippen LogP contribution in [0.2, 0.25) is 0 Å². The van der Waals surface area contributed by atoms with E-state index >= 15 is 0 Å². The van der Waals surface area contributed by atoms with Crippen molar-refractivity contribution in [1.29, 1.82) is 0 Å². The van der Waals surface area contributed by atoms with Gasteiger partial charge in [0, 0.05) is 34.2 Å². The maximum Gasteiger partial charge on any atom is 0.232 e. The van der Waals surface area contributed by atoms with E-state index in [0.717, 1.165) is 0 Å². The molecule has 0 atom stereocenters. The number of nitrogens with zero attached hydrogens (tertiary/aromatic N) is 5. The first-order valence-electron chi connectivity index (χ1n) is 5.70. The average molecular weight is 256 g/mol. The molecule has 1 aromatic heterocycles. The number of aromatic nitrogens is 3. The van der Waals surface area contributed by atoms with Crippen LogP contribution in [-0.4, -0.2) is 72.6 Å². The van der Waals surface area contributed by atoms with E-state index in [1.807, 2.05) is 14.1 Å². The lowest BCUT2D eigenvalue weighted by molar-refractivity contribution is 0.280. The number of rotatable bonds is 7. The zero-order chi connectivity index (χ0) is 13.5. The van der Waals surface area contributed by atoms with E-state index in [1.54, 1.807) is 16.8 Å². The molecule has 0 fully saturated rings. The standard InChI is InChI=1S/C10H20N6O2/c1-11-8-12-9(15(2)3)14-10(13-8)16(4-6-17)5-7-18/h17-18H,4-7H2,1-3H3,(H,11,12,13,14). The molecular formula is C10H20N6O2. The van der Waals surface area contributed by atoms with Crippen LogP contribution >= 0.6 is 0 Å². The summed E-state index contributed by atoms with van der Waals surface area (Å²) < 4.78 is 0. The third kappa shape index (κ3) is 3.67. The van der Waals surface area contributed by atoms with Crippen molar-refractivity contribution in [3.63, 3.8) is 0 Å². The van der Waals surface area contributed by atoms with E-state index in [9.17, 15) is 0 Å². The van der Waals surface area contributed by atoms with Crippen LogP contribution in [0.3, 0.4) is 0 Å². The minimum atomic E-state index is -0.0299. The lowest BCUT2D eigenvalue weighted by Gasteiger charge is -2.22. The Morgan fingerprint density at radius 1 is 1.00 bits per heavy atom. The van der Waals surface area contributed by atoms with Crippen LogP contribution in [0.5, 0.6) is 0 Å². The molecule has 18 heavy (non-hydrogen) atoms. The van der Waals surface area contributed by atoms with Gasteiger partial charge in [-0.15, -0.1) is 0 Å². The molecule has 1 rings (SSSR count). The molecule has 0 spiro atoms. The van der Waals surface area contributed by atoms with E-state index in [4.69, 9.17) is 10.2 Å². The lowest BCUT2D eigenvalue weighted by Crippen LogP contribution is -2.32. The third-order valence-electron chi connectivity index (χ3n) is 2.26. The van der Waals surface area contributed by atoms with Gasteiger partial charge in [-0.05, 0) is 0 Å². The first-order valence-corrected chi connectivity index (χ1v) is 5.70. The van der Waals surface area contributed by atoms with Gasteiger partial charge in [0.1, 0.15) is 0 Å². The molecule has 0 aliphatic heterocycles. The Kier molecular flexibility index (Phi) is 5.53. The van der Waals surface area contributed by atoms with Crippen LogP contribution in [0.1, 0.15) is 0 Å². The van der Waals surface area contributed by atoms with Crippen molar-refractivity contribution < 1.29 is 10.2 Å². The first kappa shape index (κ1) is 14.4. The van der Waals surface area contributed by atoms with Gasteiger partial charge in [0.25, 0.3) is 0 Å². The van der Waals surface area contributed by atoms with Gasteiger partial charge in [0.05, 0.1) is 13.2 Å². The maximum absolute atomic E-state index is 9.01. The fraction of sp³-hybridized carbons (Fsp3) is 0.700. The molecule has 8 nitrogen and oxygen atoms in total. The van der Waals surface area contributed by atoms with Crippen molar-refractivity contribution in [3.05, 3.63) is 0 Å². The van der Waals surface area contributed by atoms with E-state index in [2.05, 4.69) is 20.3 Å². The Morgan fingerprint density at radius 3 is 2.00 bits per heavy atom. The molecule has 3 N–H and O–H groups in total. The molecule has 0 aliphatic carbocycles. The van der Waals surface area contributed by atoms with E-state index in [0.29, 0.717) is 30.9 Å². The monoisotopic (exact) mass is 256 g/mol. The predicted octanol–water partition coefficient (Wildman–Crippen LogP) is -1.23. The molecule has 0 bridgehead atoms. The summed E-state index contributed by atoms with van der Waals surface area (Å²) in [5.74, 6) is 1.40. The molecule has 1 aromatic rings. The van der Waals surface area contributed by atoms with Crippen LogP contribution < -0.4 is 15.1 Å². The van der Waals surface area contributed by atoms with Crippen LogP contribution in [0.25, 0.3) is 0 Å². The zero-order valence-electron chi connectivity index (χ0n) is 11.0. The summed E-state index contributed by atoms with van der Waals surface area (Å²) >= 11 is 0. The Hall–Kier alpha value is -1.67. The number of hydrogen-bond acceptors (Lipinski definition) is 8. The van der Waals surface area contributed by atoms with Gasteiger partial charge in [0.2, 0.25) is 17.8 Å². The Morgan fingerprint density at radius 2 is 1.56 bits per heavy atom. The smallest absolute Gasteiger partial charge is 0.232 e. The number of aliphatic hydroxyl groups excluding tert-OH is 2. The second-order valence-corrected chi connectivity index (χ2v) is 3.84. The molecule has 0 saturated carbocycles. The summed E-state index contributed by atoms with van der Waals surface area (Å²) in [6.45, 7) is 0.664. The molecule has 0 radical (unpaired) electrons. The maximum atomic E-state index is 9.01. The molecule has 0 aromatic carbocycles. The highest BCUT2D eigenvalue weighted by Gasteiger charge is 2.13. The second-order valence-electron chi connectivity index (χ2n) is 3.84.